The van der Waals surface area contributed by atoms with E-state index in [4.69, 9.17) is 4.42 Å². The fourth-order valence-corrected chi connectivity index (χ4v) is 4.52. The first kappa shape index (κ1) is 14.3. The van der Waals surface area contributed by atoms with Crippen LogP contribution in [0.2, 0.25) is 0 Å². The SMILES string of the molecule is Cc1ccc(CN(C2CC2)S(=O)(=O)c2c(C)n[nH]c2C)o1. The molecule has 114 valence electrons. The van der Waals surface area contributed by atoms with Gasteiger partial charge in [0, 0.05) is 6.04 Å². The van der Waals surface area contributed by atoms with Crippen LogP contribution >= 0.6 is 0 Å². The minimum atomic E-state index is -3.57. The minimum absolute atomic E-state index is 0.0640. The molecule has 0 amide bonds. The summed E-state index contributed by atoms with van der Waals surface area (Å²) in [5.74, 6) is 1.45. The van der Waals surface area contributed by atoms with Crippen LogP contribution < -0.4 is 0 Å². The number of furan rings is 1. The van der Waals surface area contributed by atoms with E-state index in [1.165, 1.54) is 4.31 Å². The molecule has 2 aromatic rings. The summed E-state index contributed by atoms with van der Waals surface area (Å²) in [6.07, 6.45) is 1.80. The van der Waals surface area contributed by atoms with Crippen LogP contribution in [-0.4, -0.2) is 29.0 Å². The molecule has 0 aliphatic heterocycles. The van der Waals surface area contributed by atoms with Gasteiger partial charge < -0.3 is 4.42 Å². The number of nitrogens with one attached hydrogen (secondary N) is 1. The molecule has 0 spiro atoms. The third-order valence-corrected chi connectivity index (χ3v) is 5.85. The van der Waals surface area contributed by atoms with Crippen LogP contribution in [0.15, 0.2) is 21.4 Å². The third-order valence-electron chi connectivity index (χ3n) is 3.69. The predicted octanol–water partition coefficient (Wildman–Crippen LogP) is 2.28. The number of aromatic amines is 1. The summed E-state index contributed by atoms with van der Waals surface area (Å²) < 4.78 is 33.0. The molecule has 21 heavy (non-hydrogen) atoms. The zero-order valence-corrected chi connectivity index (χ0v) is 13.2. The first-order chi connectivity index (χ1) is 9.89. The van der Waals surface area contributed by atoms with Gasteiger partial charge in [-0.05, 0) is 45.7 Å². The molecule has 2 heterocycles. The Morgan fingerprint density at radius 1 is 1.33 bits per heavy atom. The van der Waals surface area contributed by atoms with E-state index in [1.54, 1.807) is 13.8 Å². The normalized spacial score (nSPS) is 15.8. The van der Waals surface area contributed by atoms with Gasteiger partial charge in [0.1, 0.15) is 16.4 Å². The molecule has 1 fully saturated rings. The van der Waals surface area contributed by atoms with Crippen LogP contribution in [0.5, 0.6) is 0 Å². The average Bonchev–Trinajstić information content (AvgIpc) is 3.07. The summed E-state index contributed by atoms with van der Waals surface area (Å²) in [6.45, 7) is 5.56. The highest BCUT2D eigenvalue weighted by Crippen LogP contribution is 2.35. The Bertz CT molecular complexity index is 737. The van der Waals surface area contributed by atoms with Gasteiger partial charge in [0.25, 0.3) is 0 Å². The van der Waals surface area contributed by atoms with Crippen molar-refractivity contribution in [2.75, 3.05) is 0 Å². The van der Waals surface area contributed by atoms with Crippen molar-refractivity contribution in [3.63, 3.8) is 0 Å². The van der Waals surface area contributed by atoms with Gasteiger partial charge in [0.15, 0.2) is 0 Å². The van der Waals surface area contributed by atoms with Crippen LogP contribution in [0.25, 0.3) is 0 Å². The van der Waals surface area contributed by atoms with Gasteiger partial charge in [0.05, 0.1) is 17.9 Å². The Balaban J connectivity index is 1.97. The fraction of sp³-hybridized carbons (Fsp3) is 0.500. The van der Waals surface area contributed by atoms with Crippen molar-refractivity contribution in [3.8, 4) is 0 Å². The van der Waals surface area contributed by atoms with Crippen molar-refractivity contribution in [3.05, 3.63) is 35.0 Å². The largest absolute Gasteiger partial charge is 0.465 e. The number of H-pyrrole nitrogens is 1. The molecule has 1 saturated carbocycles. The number of rotatable bonds is 5. The molecule has 0 radical (unpaired) electrons. The second-order valence-corrected chi connectivity index (χ2v) is 7.38. The smallest absolute Gasteiger partial charge is 0.247 e. The molecular formula is C14H19N3O3S. The van der Waals surface area contributed by atoms with Crippen molar-refractivity contribution in [1.29, 1.82) is 0 Å². The Morgan fingerprint density at radius 2 is 2.05 bits per heavy atom. The average molecular weight is 309 g/mol. The van der Waals surface area contributed by atoms with E-state index in [0.29, 0.717) is 17.1 Å². The molecule has 1 N–H and O–H groups in total. The van der Waals surface area contributed by atoms with Gasteiger partial charge in [0.2, 0.25) is 10.0 Å². The number of nitrogens with zero attached hydrogens (tertiary/aromatic N) is 2. The summed E-state index contributed by atoms with van der Waals surface area (Å²) in [4.78, 5) is 0.290. The van der Waals surface area contributed by atoms with Crippen molar-refractivity contribution in [2.24, 2.45) is 0 Å². The van der Waals surface area contributed by atoms with Gasteiger partial charge in [-0.1, -0.05) is 0 Å². The summed E-state index contributed by atoms with van der Waals surface area (Å²) in [7, 11) is -3.57. The lowest BCUT2D eigenvalue weighted by atomic mass is 10.4. The van der Waals surface area contributed by atoms with Gasteiger partial charge in [-0.3, -0.25) is 5.10 Å². The Morgan fingerprint density at radius 3 is 2.52 bits per heavy atom. The van der Waals surface area contributed by atoms with Crippen LogP contribution in [0.4, 0.5) is 0 Å². The van der Waals surface area contributed by atoms with E-state index in [-0.39, 0.29) is 17.5 Å². The van der Waals surface area contributed by atoms with E-state index < -0.39 is 10.0 Å². The highest BCUT2D eigenvalue weighted by molar-refractivity contribution is 7.89. The standard InChI is InChI=1S/C14H19N3O3S/c1-9-4-7-13(20-9)8-17(12-5-6-12)21(18,19)14-10(2)15-16-11(14)3/h4,7,12H,5-6,8H2,1-3H3,(H,15,16). The maximum Gasteiger partial charge on any atom is 0.247 e. The lowest BCUT2D eigenvalue weighted by Gasteiger charge is -2.21. The number of sulfonamides is 1. The predicted molar refractivity (Wildman–Crippen MR) is 77.3 cm³/mol. The maximum absolute atomic E-state index is 13.0. The molecule has 6 nitrogen and oxygen atoms in total. The monoisotopic (exact) mass is 309 g/mol. The number of aromatic nitrogens is 2. The van der Waals surface area contributed by atoms with E-state index in [0.717, 1.165) is 18.6 Å². The van der Waals surface area contributed by atoms with E-state index in [2.05, 4.69) is 10.2 Å². The zero-order valence-electron chi connectivity index (χ0n) is 12.4. The van der Waals surface area contributed by atoms with E-state index in [9.17, 15) is 8.42 Å². The molecular weight excluding hydrogens is 290 g/mol. The van der Waals surface area contributed by atoms with Crippen LogP contribution in [-0.2, 0) is 16.6 Å². The van der Waals surface area contributed by atoms with Gasteiger partial charge in [-0.25, -0.2) is 8.42 Å². The molecule has 0 atom stereocenters. The molecule has 0 aromatic carbocycles. The van der Waals surface area contributed by atoms with E-state index in [1.807, 2.05) is 19.1 Å². The molecule has 3 rings (SSSR count). The number of hydrogen-bond acceptors (Lipinski definition) is 4. The molecule has 1 aliphatic rings. The molecule has 7 heteroatoms. The summed E-state index contributed by atoms with van der Waals surface area (Å²) in [5, 5.41) is 6.75. The zero-order chi connectivity index (χ0) is 15.2. The Labute approximate surface area is 124 Å². The summed E-state index contributed by atoms with van der Waals surface area (Å²) in [5.41, 5.74) is 1.09. The molecule has 0 saturated heterocycles. The number of aryl methyl sites for hydroxylation is 3. The molecule has 0 unspecified atom stereocenters. The Kier molecular flexibility index (Phi) is 3.41. The summed E-state index contributed by atoms with van der Waals surface area (Å²) in [6, 6.07) is 3.74. The topological polar surface area (TPSA) is 79.2 Å². The van der Waals surface area contributed by atoms with Gasteiger partial charge in [-0.2, -0.15) is 9.40 Å². The quantitative estimate of drug-likeness (QED) is 0.919. The number of hydrogen-bond donors (Lipinski definition) is 1. The minimum Gasteiger partial charge on any atom is -0.465 e. The highest BCUT2D eigenvalue weighted by Gasteiger charge is 2.40. The van der Waals surface area contributed by atoms with Gasteiger partial charge in [-0.15, -0.1) is 0 Å². The van der Waals surface area contributed by atoms with Crippen molar-refractivity contribution < 1.29 is 12.8 Å². The molecule has 0 bridgehead atoms. The molecule has 2 aromatic heterocycles. The lowest BCUT2D eigenvalue weighted by Crippen LogP contribution is -2.33. The van der Waals surface area contributed by atoms with E-state index >= 15 is 0 Å². The third kappa shape index (κ3) is 2.63. The van der Waals surface area contributed by atoms with Crippen molar-refractivity contribution >= 4 is 10.0 Å². The van der Waals surface area contributed by atoms with Gasteiger partial charge >= 0.3 is 0 Å². The van der Waals surface area contributed by atoms with Crippen LogP contribution in [0.3, 0.4) is 0 Å². The lowest BCUT2D eigenvalue weighted by molar-refractivity contribution is 0.351. The Hall–Kier alpha value is -1.60. The highest BCUT2D eigenvalue weighted by atomic mass is 32.2. The van der Waals surface area contributed by atoms with Crippen molar-refractivity contribution in [1.82, 2.24) is 14.5 Å². The second kappa shape index (κ2) is 4.99. The second-order valence-electron chi connectivity index (χ2n) is 5.56. The summed E-state index contributed by atoms with van der Waals surface area (Å²) >= 11 is 0. The maximum atomic E-state index is 13.0. The first-order valence-electron chi connectivity index (χ1n) is 6.98. The fourth-order valence-electron chi connectivity index (χ4n) is 2.53. The van der Waals surface area contributed by atoms with Crippen LogP contribution in [0.1, 0.15) is 35.7 Å². The van der Waals surface area contributed by atoms with Crippen LogP contribution in [0, 0.1) is 20.8 Å². The molecule has 1 aliphatic carbocycles. The van der Waals surface area contributed by atoms with Crippen molar-refractivity contribution in [2.45, 2.75) is 51.1 Å². The first-order valence-corrected chi connectivity index (χ1v) is 8.42.